The Bertz CT molecular complexity index is 1060. The van der Waals surface area contributed by atoms with Crippen LogP contribution in [0.15, 0.2) is 46.2 Å². The van der Waals surface area contributed by atoms with E-state index in [1.807, 2.05) is 0 Å². The van der Waals surface area contributed by atoms with E-state index in [1.54, 1.807) is 37.3 Å². The van der Waals surface area contributed by atoms with Crippen LogP contribution in [0.4, 0.5) is 5.69 Å². The van der Waals surface area contributed by atoms with Crippen molar-refractivity contribution < 1.29 is 22.7 Å². The number of carbonyl (C=O) groups is 2. The van der Waals surface area contributed by atoms with Gasteiger partial charge in [0.25, 0.3) is 5.91 Å². The van der Waals surface area contributed by atoms with Crippen molar-refractivity contribution in [2.75, 3.05) is 31.8 Å². The summed E-state index contributed by atoms with van der Waals surface area (Å²) in [4.78, 5) is 24.7. The highest BCUT2D eigenvalue weighted by molar-refractivity contribution is 8.00. The SMILES string of the molecule is Cc1ccc(NC(=O)COC(=O)CSc2cc(Cl)ccc2Cl)cc1S(=O)(=O)N(C)C. The van der Waals surface area contributed by atoms with Crippen LogP contribution < -0.4 is 5.32 Å². The molecule has 0 spiro atoms. The predicted octanol–water partition coefficient (Wildman–Crippen LogP) is 3.83. The molecule has 0 saturated heterocycles. The van der Waals surface area contributed by atoms with Crippen LogP contribution in [0, 0.1) is 6.92 Å². The Hall–Kier alpha value is -1.78. The largest absolute Gasteiger partial charge is 0.455 e. The fourth-order valence-corrected chi connectivity index (χ4v) is 4.70. The minimum absolute atomic E-state index is 0.0525. The molecule has 0 aliphatic heterocycles. The van der Waals surface area contributed by atoms with E-state index in [2.05, 4.69) is 5.32 Å². The number of nitrogens with zero attached hydrogens (tertiary/aromatic N) is 1. The number of hydrogen-bond donors (Lipinski definition) is 1. The molecule has 1 N–H and O–H groups in total. The summed E-state index contributed by atoms with van der Waals surface area (Å²) < 4.78 is 30.8. The number of benzene rings is 2. The van der Waals surface area contributed by atoms with E-state index in [-0.39, 0.29) is 16.3 Å². The second kappa shape index (κ2) is 10.5. The summed E-state index contributed by atoms with van der Waals surface area (Å²) in [6, 6.07) is 9.41. The average molecular weight is 491 g/mol. The molecule has 0 aliphatic carbocycles. The molecule has 2 rings (SSSR count). The van der Waals surface area contributed by atoms with Gasteiger partial charge in [0.1, 0.15) is 0 Å². The summed E-state index contributed by atoms with van der Waals surface area (Å²) in [6.07, 6.45) is 0. The van der Waals surface area contributed by atoms with Crippen LogP contribution in [0.5, 0.6) is 0 Å². The first-order chi connectivity index (χ1) is 14.0. The lowest BCUT2D eigenvalue weighted by molar-refractivity contribution is -0.144. The van der Waals surface area contributed by atoms with Crippen molar-refractivity contribution in [3.8, 4) is 0 Å². The molecule has 0 aromatic heterocycles. The number of esters is 1. The summed E-state index contributed by atoms with van der Waals surface area (Å²) in [6.45, 7) is 1.15. The van der Waals surface area contributed by atoms with Crippen LogP contribution in [0.25, 0.3) is 0 Å². The zero-order valence-electron chi connectivity index (χ0n) is 16.4. The number of nitrogens with one attached hydrogen (secondary N) is 1. The Morgan fingerprint density at radius 3 is 2.50 bits per heavy atom. The van der Waals surface area contributed by atoms with Crippen LogP contribution in [0.1, 0.15) is 5.56 Å². The van der Waals surface area contributed by atoms with Crippen molar-refractivity contribution in [3.05, 3.63) is 52.0 Å². The molecule has 0 atom stereocenters. The molecular formula is C19H20Cl2N2O5S2. The Morgan fingerprint density at radius 1 is 1.13 bits per heavy atom. The molecule has 7 nitrogen and oxygen atoms in total. The number of sulfonamides is 1. The van der Waals surface area contributed by atoms with Gasteiger partial charge in [0, 0.05) is 29.7 Å². The summed E-state index contributed by atoms with van der Waals surface area (Å²) in [7, 11) is -0.809. The van der Waals surface area contributed by atoms with Gasteiger partial charge < -0.3 is 10.1 Å². The van der Waals surface area contributed by atoms with Crippen molar-refractivity contribution in [1.29, 1.82) is 0 Å². The number of amides is 1. The van der Waals surface area contributed by atoms with Gasteiger partial charge in [-0.2, -0.15) is 0 Å². The smallest absolute Gasteiger partial charge is 0.316 e. The van der Waals surface area contributed by atoms with E-state index in [0.717, 1.165) is 16.1 Å². The number of rotatable bonds is 8. The second-order valence-corrected chi connectivity index (χ2v) is 10.3. The molecule has 30 heavy (non-hydrogen) atoms. The van der Waals surface area contributed by atoms with Gasteiger partial charge >= 0.3 is 5.97 Å². The highest BCUT2D eigenvalue weighted by Gasteiger charge is 2.20. The lowest BCUT2D eigenvalue weighted by Gasteiger charge is -2.15. The molecule has 0 heterocycles. The van der Waals surface area contributed by atoms with Gasteiger partial charge in [0.2, 0.25) is 10.0 Å². The maximum atomic E-state index is 12.4. The average Bonchev–Trinajstić information content (AvgIpc) is 2.68. The highest BCUT2D eigenvalue weighted by atomic mass is 35.5. The molecular weight excluding hydrogens is 471 g/mol. The normalized spacial score (nSPS) is 11.4. The molecule has 0 radical (unpaired) electrons. The number of thioether (sulfide) groups is 1. The van der Waals surface area contributed by atoms with Gasteiger partial charge in [-0.1, -0.05) is 29.3 Å². The Morgan fingerprint density at radius 2 is 1.83 bits per heavy atom. The van der Waals surface area contributed by atoms with E-state index in [0.29, 0.717) is 20.5 Å². The third-order valence-electron chi connectivity index (χ3n) is 3.83. The quantitative estimate of drug-likeness (QED) is 0.446. The van der Waals surface area contributed by atoms with Crippen molar-refractivity contribution in [2.45, 2.75) is 16.7 Å². The summed E-state index contributed by atoms with van der Waals surface area (Å²) in [5.41, 5.74) is 0.826. The van der Waals surface area contributed by atoms with Gasteiger partial charge in [-0.25, -0.2) is 12.7 Å². The van der Waals surface area contributed by atoms with Crippen molar-refractivity contribution in [1.82, 2.24) is 4.31 Å². The third kappa shape index (κ3) is 6.61. The lowest BCUT2D eigenvalue weighted by atomic mass is 10.2. The van der Waals surface area contributed by atoms with Crippen LogP contribution in [-0.4, -0.2) is 51.1 Å². The summed E-state index contributed by atoms with van der Waals surface area (Å²) in [5.74, 6) is -1.25. The molecule has 1 amide bonds. The maximum Gasteiger partial charge on any atom is 0.316 e. The topological polar surface area (TPSA) is 92.8 Å². The molecule has 162 valence electrons. The van der Waals surface area contributed by atoms with Crippen LogP contribution in [-0.2, 0) is 24.3 Å². The number of ether oxygens (including phenoxy) is 1. The van der Waals surface area contributed by atoms with Gasteiger partial charge in [0.15, 0.2) is 6.61 Å². The van der Waals surface area contributed by atoms with Crippen LogP contribution >= 0.6 is 35.0 Å². The zero-order valence-corrected chi connectivity index (χ0v) is 19.6. The first-order valence-electron chi connectivity index (χ1n) is 8.57. The van der Waals surface area contributed by atoms with Gasteiger partial charge in [0.05, 0.1) is 15.7 Å². The summed E-state index contributed by atoms with van der Waals surface area (Å²) >= 11 is 13.1. The molecule has 0 fully saturated rings. The fraction of sp³-hybridized carbons (Fsp3) is 0.263. The third-order valence-corrected chi connectivity index (χ3v) is 7.50. The van der Waals surface area contributed by atoms with Crippen LogP contribution in [0.2, 0.25) is 10.0 Å². The zero-order chi connectivity index (χ0) is 22.5. The fourth-order valence-electron chi connectivity index (χ4n) is 2.26. The van der Waals surface area contributed by atoms with Crippen molar-refractivity contribution >= 4 is 62.6 Å². The monoisotopic (exact) mass is 490 g/mol. The van der Waals surface area contributed by atoms with E-state index in [4.69, 9.17) is 27.9 Å². The van der Waals surface area contributed by atoms with Crippen molar-refractivity contribution in [2.24, 2.45) is 0 Å². The standard InChI is InChI=1S/C19H20Cl2N2O5S2/c1-12-4-6-14(9-17(12)30(26,27)23(2)3)22-18(24)10-28-19(25)11-29-16-8-13(20)5-7-15(16)21/h4-9H,10-11H2,1-3H3,(H,22,24). The molecule has 2 aromatic rings. The number of anilines is 1. The Labute approximate surface area is 189 Å². The number of aryl methyl sites for hydroxylation is 1. The molecule has 0 unspecified atom stereocenters. The first-order valence-corrected chi connectivity index (χ1v) is 11.8. The van der Waals surface area contributed by atoms with Gasteiger partial charge in [-0.3, -0.25) is 9.59 Å². The molecule has 0 saturated carbocycles. The van der Waals surface area contributed by atoms with Crippen molar-refractivity contribution in [3.63, 3.8) is 0 Å². The first kappa shape index (κ1) is 24.5. The molecule has 0 aliphatic rings. The van der Waals surface area contributed by atoms with Crippen LogP contribution in [0.3, 0.4) is 0 Å². The molecule has 0 bridgehead atoms. The minimum Gasteiger partial charge on any atom is -0.455 e. The lowest BCUT2D eigenvalue weighted by Crippen LogP contribution is -2.24. The number of hydrogen-bond acceptors (Lipinski definition) is 6. The Kier molecular flexibility index (Phi) is 8.57. The van der Waals surface area contributed by atoms with E-state index < -0.39 is 28.5 Å². The predicted molar refractivity (Wildman–Crippen MR) is 119 cm³/mol. The molecule has 11 heteroatoms. The number of carbonyl (C=O) groups excluding carboxylic acids is 2. The second-order valence-electron chi connectivity index (χ2n) is 6.34. The Balaban J connectivity index is 1.92. The number of halogens is 2. The highest BCUT2D eigenvalue weighted by Crippen LogP contribution is 2.29. The van der Waals surface area contributed by atoms with E-state index in [1.165, 1.54) is 20.2 Å². The van der Waals surface area contributed by atoms with Gasteiger partial charge in [-0.05, 0) is 42.8 Å². The molecule has 2 aromatic carbocycles. The van der Waals surface area contributed by atoms with Gasteiger partial charge in [-0.15, -0.1) is 11.8 Å². The summed E-state index contributed by atoms with van der Waals surface area (Å²) in [5, 5.41) is 3.47. The van der Waals surface area contributed by atoms with E-state index in [9.17, 15) is 18.0 Å². The van der Waals surface area contributed by atoms with E-state index >= 15 is 0 Å². The minimum atomic E-state index is -3.66. The maximum absolute atomic E-state index is 12.4.